The molecule has 0 heterocycles. The number of unbranched alkanes of at least 4 members (excludes halogenated alkanes) is 20. The predicted molar refractivity (Wildman–Crippen MR) is 122 cm³/mol. The summed E-state index contributed by atoms with van der Waals surface area (Å²) in [6, 6.07) is 0. The summed E-state index contributed by atoms with van der Waals surface area (Å²) in [5.74, 6) is -4.10. The van der Waals surface area contributed by atoms with Crippen LogP contribution < -0.4 is 0 Å². The van der Waals surface area contributed by atoms with Gasteiger partial charge in [0.1, 0.15) is 0 Å². The zero-order chi connectivity index (χ0) is 21.6. The van der Waals surface area contributed by atoms with Gasteiger partial charge in [-0.25, -0.2) is 4.79 Å². The fourth-order valence-corrected chi connectivity index (χ4v) is 3.91. The van der Waals surface area contributed by atoms with Gasteiger partial charge in [-0.2, -0.15) is 0 Å². The molecule has 0 aliphatic heterocycles. The fourth-order valence-electron chi connectivity index (χ4n) is 3.91. The van der Waals surface area contributed by atoms with Gasteiger partial charge in [0, 0.05) is 6.42 Å². The van der Waals surface area contributed by atoms with E-state index in [0.29, 0.717) is 6.42 Å². The minimum Gasteiger partial charge on any atom is -0.477 e. The minimum atomic E-state index is -2.55. The minimum absolute atomic E-state index is 0.0820. The van der Waals surface area contributed by atoms with E-state index in [1.165, 1.54) is 109 Å². The first-order valence-corrected chi connectivity index (χ1v) is 12.7. The Morgan fingerprint density at radius 2 is 0.759 bits per heavy atom. The normalized spacial score (nSPS) is 11.8. The van der Waals surface area contributed by atoms with Gasteiger partial charge in [0.05, 0.1) is 0 Å². The van der Waals surface area contributed by atoms with Crippen molar-refractivity contribution in [2.75, 3.05) is 0 Å². The molecule has 0 spiro atoms. The van der Waals surface area contributed by atoms with Crippen LogP contribution in [0.15, 0.2) is 0 Å². The van der Waals surface area contributed by atoms with Gasteiger partial charge in [0.25, 0.3) is 5.79 Å². The van der Waals surface area contributed by atoms with Crippen LogP contribution in [0, 0.1) is 0 Å². The summed E-state index contributed by atoms with van der Waals surface area (Å²) in [5, 5.41) is 27.0. The largest absolute Gasteiger partial charge is 0.477 e. The van der Waals surface area contributed by atoms with Crippen molar-refractivity contribution in [3.05, 3.63) is 0 Å². The molecule has 0 aromatic heterocycles. The first kappa shape index (κ1) is 28.4. The van der Waals surface area contributed by atoms with E-state index in [1.807, 2.05) is 0 Å². The Morgan fingerprint density at radius 3 is 1.00 bits per heavy atom. The molecule has 0 aliphatic rings. The molecule has 0 aliphatic carbocycles. The summed E-state index contributed by atoms with van der Waals surface area (Å²) in [6.07, 6.45) is 27.2. The van der Waals surface area contributed by atoms with Crippen LogP contribution in [0.25, 0.3) is 0 Å². The summed E-state index contributed by atoms with van der Waals surface area (Å²) >= 11 is 0. The van der Waals surface area contributed by atoms with Gasteiger partial charge in [-0.05, 0) is 6.42 Å². The smallest absolute Gasteiger partial charge is 0.364 e. The summed E-state index contributed by atoms with van der Waals surface area (Å²) in [6.45, 7) is 2.28. The van der Waals surface area contributed by atoms with Crippen LogP contribution in [0.2, 0.25) is 0 Å². The van der Waals surface area contributed by atoms with Crippen molar-refractivity contribution >= 4 is 5.97 Å². The Morgan fingerprint density at radius 1 is 0.517 bits per heavy atom. The van der Waals surface area contributed by atoms with E-state index in [4.69, 9.17) is 5.11 Å². The Kier molecular flexibility index (Phi) is 20.2. The molecule has 0 unspecified atom stereocenters. The van der Waals surface area contributed by atoms with Crippen molar-refractivity contribution in [1.82, 2.24) is 0 Å². The van der Waals surface area contributed by atoms with E-state index in [1.54, 1.807) is 0 Å². The van der Waals surface area contributed by atoms with Crippen molar-refractivity contribution in [3.8, 4) is 0 Å². The average Bonchev–Trinajstić information content (AvgIpc) is 2.69. The van der Waals surface area contributed by atoms with Crippen molar-refractivity contribution in [3.63, 3.8) is 0 Å². The molecule has 0 aromatic rings. The molecule has 0 bridgehead atoms. The molecular weight excluding hydrogens is 364 g/mol. The van der Waals surface area contributed by atoms with Crippen molar-refractivity contribution in [2.24, 2.45) is 0 Å². The second-order valence-corrected chi connectivity index (χ2v) is 8.94. The van der Waals surface area contributed by atoms with E-state index in [0.717, 1.165) is 19.3 Å². The number of carboxylic acids is 1. The highest BCUT2D eigenvalue weighted by Gasteiger charge is 2.31. The number of hydrogen-bond acceptors (Lipinski definition) is 3. The number of aliphatic carboxylic acids is 1. The van der Waals surface area contributed by atoms with Crippen LogP contribution in [-0.4, -0.2) is 27.1 Å². The SMILES string of the molecule is CCCCCCCCCCCCCCCCCCCCCCCC(O)(O)C(=O)O. The lowest BCUT2D eigenvalue weighted by Crippen LogP contribution is -2.37. The maximum absolute atomic E-state index is 10.6. The Balaban J connectivity index is 3.11. The zero-order valence-electron chi connectivity index (χ0n) is 19.3. The van der Waals surface area contributed by atoms with Gasteiger partial charge < -0.3 is 15.3 Å². The summed E-state index contributed by atoms with van der Waals surface area (Å²) < 4.78 is 0. The van der Waals surface area contributed by atoms with Crippen molar-refractivity contribution in [1.29, 1.82) is 0 Å². The molecule has 4 heteroatoms. The van der Waals surface area contributed by atoms with Crippen LogP contribution in [-0.2, 0) is 4.79 Å². The molecule has 0 aromatic carbocycles. The van der Waals surface area contributed by atoms with Gasteiger partial charge in [-0.15, -0.1) is 0 Å². The second-order valence-electron chi connectivity index (χ2n) is 8.94. The van der Waals surface area contributed by atoms with Crippen LogP contribution in [0.4, 0.5) is 0 Å². The number of rotatable bonds is 23. The monoisotopic (exact) mass is 414 g/mol. The average molecular weight is 415 g/mol. The van der Waals surface area contributed by atoms with Crippen LogP contribution in [0.3, 0.4) is 0 Å². The molecule has 4 nitrogen and oxygen atoms in total. The number of carboxylic acid groups (broad SMARTS) is 1. The van der Waals surface area contributed by atoms with Gasteiger partial charge in [0.15, 0.2) is 0 Å². The molecule has 0 rings (SSSR count). The highest BCUT2D eigenvalue weighted by atomic mass is 16.5. The Hall–Kier alpha value is -0.610. The van der Waals surface area contributed by atoms with Gasteiger partial charge >= 0.3 is 5.97 Å². The van der Waals surface area contributed by atoms with Crippen LogP contribution in [0.1, 0.15) is 148 Å². The third-order valence-electron chi connectivity index (χ3n) is 5.97. The molecule has 29 heavy (non-hydrogen) atoms. The van der Waals surface area contributed by atoms with Gasteiger partial charge in [-0.3, -0.25) is 0 Å². The van der Waals surface area contributed by atoms with Gasteiger partial charge in [-0.1, -0.05) is 135 Å². The third-order valence-corrected chi connectivity index (χ3v) is 5.97. The highest BCUT2D eigenvalue weighted by molar-refractivity contribution is 5.74. The molecule has 0 atom stereocenters. The molecule has 0 saturated heterocycles. The van der Waals surface area contributed by atoms with E-state index in [-0.39, 0.29) is 6.42 Å². The first-order chi connectivity index (χ1) is 14.0. The molecule has 0 saturated carbocycles. The summed E-state index contributed by atoms with van der Waals surface area (Å²) in [4.78, 5) is 10.6. The molecule has 174 valence electrons. The fraction of sp³-hybridized carbons (Fsp3) is 0.960. The zero-order valence-corrected chi connectivity index (χ0v) is 19.3. The van der Waals surface area contributed by atoms with E-state index >= 15 is 0 Å². The molecule has 0 amide bonds. The van der Waals surface area contributed by atoms with Crippen LogP contribution >= 0.6 is 0 Å². The lowest BCUT2D eigenvalue weighted by molar-refractivity contribution is -0.205. The van der Waals surface area contributed by atoms with E-state index in [9.17, 15) is 15.0 Å². The second kappa shape index (κ2) is 20.7. The maximum Gasteiger partial charge on any atom is 0.364 e. The van der Waals surface area contributed by atoms with E-state index < -0.39 is 11.8 Å². The topological polar surface area (TPSA) is 77.8 Å². The van der Waals surface area contributed by atoms with E-state index in [2.05, 4.69) is 6.92 Å². The standard InChI is InChI=1S/C25H50O4/c1-2-3-4-5-6-7-8-9-10-11-12-13-14-15-16-17-18-19-20-21-22-23-25(28,29)24(26)27/h28-29H,2-23H2,1H3,(H,26,27). The highest BCUT2D eigenvalue weighted by Crippen LogP contribution is 2.16. The van der Waals surface area contributed by atoms with Crippen LogP contribution in [0.5, 0.6) is 0 Å². The molecule has 0 radical (unpaired) electrons. The first-order valence-electron chi connectivity index (χ1n) is 12.7. The third kappa shape index (κ3) is 20.4. The maximum atomic E-state index is 10.6. The number of carbonyl (C=O) groups is 1. The summed E-state index contributed by atoms with van der Waals surface area (Å²) in [7, 11) is 0. The Bertz CT molecular complexity index is 355. The molecule has 3 N–H and O–H groups in total. The van der Waals surface area contributed by atoms with Gasteiger partial charge in [0.2, 0.25) is 0 Å². The number of hydrogen-bond donors (Lipinski definition) is 3. The molecular formula is C25H50O4. The summed E-state index contributed by atoms with van der Waals surface area (Å²) in [5.41, 5.74) is 0. The number of aliphatic hydroxyl groups is 2. The van der Waals surface area contributed by atoms with Crippen molar-refractivity contribution in [2.45, 2.75) is 154 Å². The quantitative estimate of drug-likeness (QED) is 0.121. The lowest BCUT2D eigenvalue weighted by Gasteiger charge is -2.15. The lowest BCUT2D eigenvalue weighted by atomic mass is 10.0. The Labute approximate surface area is 180 Å². The predicted octanol–water partition coefficient (Wildman–Crippen LogP) is 7.35. The molecule has 0 fully saturated rings. The van der Waals surface area contributed by atoms with Crippen molar-refractivity contribution < 1.29 is 20.1 Å².